The Kier molecular flexibility index (Phi) is 5.51. The molecule has 0 aliphatic heterocycles. The number of halogens is 2. The summed E-state index contributed by atoms with van der Waals surface area (Å²) in [5.74, 6) is -2.07. The number of nitrogens with one attached hydrogen (secondary N) is 2. The van der Waals surface area contributed by atoms with Crippen LogP contribution in [0.5, 0.6) is 0 Å². The third-order valence-electron chi connectivity index (χ3n) is 3.58. The van der Waals surface area contributed by atoms with Crippen molar-refractivity contribution in [1.29, 1.82) is 0 Å². The Labute approximate surface area is 134 Å². The van der Waals surface area contributed by atoms with Gasteiger partial charge in [-0.15, -0.1) is 0 Å². The average Bonchev–Trinajstić information content (AvgIpc) is 2.57. The molecule has 0 fully saturated rings. The molecule has 0 heterocycles. The summed E-state index contributed by atoms with van der Waals surface area (Å²) in [6, 6.07) is 12.8. The molecule has 122 valence electrons. The van der Waals surface area contributed by atoms with Crippen molar-refractivity contribution in [2.24, 2.45) is 0 Å². The van der Waals surface area contributed by atoms with Gasteiger partial charge >= 0.3 is 6.03 Å². The summed E-state index contributed by atoms with van der Waals surface area (Å²) >= 11 is 0. The zero-order valence-corrected chi connectivity index (χ0v) is 13.0. The number of nitrogens with zero attached hydrogens (tertiary/aromatic N) is 1. The van der Waals surface area contributed by atoms with Crippen molar-refractivity contribution in [3.05, 3.63) is 60.2 Å². The standard InChI is InChI=1S/C17H19F2N3O/c1-12(22(2)13-7-4-3-5-8-13)11-20-17(23)21-15-10-6-9-14(18)16(15)19/h3-10,12H,11H2,1-2H3,(H2,20,21,23). The number of hydrogen-bond acceptors (Lipinski definition) is 2. The molecule has 2 amide bonds. The van der Waals surface area contributed by atoms with Gasteiger partial charge in [0, 0.05) is 25.3 Å². The molecular weight excluding hydrogens is 300 g/mol. The van der Waals surface area contributed by atoms with Crippen LogP contribution in [0.1, 0.15) is 6.92 Å². The molecule has 0 bridgehead atoms. The van der Waals surface area contributed by atoms with Crippen molar-refractivity contribution >= 4 is 17.4 Å². The molecule has 0 aliphatic rings. The first-order valence-corrected chi connectivity index (χ1v) is 7.25. The number of anilines is 2. The molecule has 2 aromatic carbocycles. The number of carbonyl (C=O) groups is 1. The van der Waals surface area contributed by atoms with E-state index in [0.717, 1.165) is 11.8 Å². The summed E-state index contributed by atoms with van der Waals surface area (Å²) in [6.45, 7) is 2.31. The van der Waals surface area contributed by atoms with Crippen LogP contribution in [0.3, 0.4) is 0 Å². The number of carbonyl (C=O) groups excluding carboxylic acids is 1. The quantitative estimate of drug-likeness (QED) is 0.884. The molecule has 1 unspecified atom stereocenters. The van der Waals surface area contributed by atoms with E-state index in [1.165, 1.54) is 12.1 Å². The van der Waals surface area contributed by atoms with E-state index in [4.69, 9.17) is 0 Å². The SMILES string of the molecule is CC(CNC(=O)Nc1cccc(F)c1F)N(C)c1ccccc1. The van der Waals surface area contributed by atoms with Gasteiger partial charge in [-0.3, -0.25) is 0 Å². The Morgan fingerprint density at radius 1 is 1.13 bits per heavy atom. The van der Waals surface area contributed by atoms with Gasteiger partial charge in [0.15, 0.2) is 11.6 Å². The zero-order valence-electron chi connectivity index (χ0n) is 13.0. The fraction of sp³-hybridized carbons (Fsp3) is 0.235. The smallest absolute Gasteiger partial charge is 0.319 e. The second-order valence-electron chi connectivity index (χ2n) is 5.23. The average molecular weight is 319 g/mol. The van der Waals surface area contributed by atoms with Crippen molar-refractivity contribution in [3.8, 4) is 0 Å². The lowest BCUT2D eigenvalue weighted by molar-refractivity contribution is 0.251. The van der Waals surface area contributed by atoms with Crippen LogP contribution in [0.4, 0.5) is 25.0 Å². The fourth-order valence-corrected chi connectivity index (χ4v) is 2.06. The topological polar surface area (TPSA) is 44.4 Å². The minimum Gasteiger partial charge on any atom is -0.370 e. The molecule has 0 saturated carbocycles. The summed E-state index contributed by atoms with van der Waals surface area (Å²) in [5.41, 5.74) is 0.838. The van der Waals surface area contributed by atoms with E-state index in [0.29, 0.717) is 6.54 Å². The normalized spacial score (nSPS) is 11.7. The monoisotopic (exact) mass is 319 g/mol. The first-order chi connectivity index (χ1) is 11.0. The Hall–Kier alpha value is -2.63. The van der Waals surface area contributed by atoms with E-state index in [-0.39, 0.29) is 11.7 Å². The largest absolute Gasteiger partial charge is 0.370 e. The predicted octanol–water partition coefficient (Wildman–Crippen LogP) is 3.61. The van der Waals surface area contributed by atoms with E-state index >= 15 is 0 Å². The van der Waals surface area contributed by atoms with E-state index in [9.17, 15) is 13.6 Å². The maximum absolute atomic E-state index is 13.5. The van der Waals surface area contributed by atoms with Crippen molar-refractivity contribution in [2.45, 2.75) is 13.0 Å². The molecule has 2 rings (SSSR count). The number of hydrogen-bond donors (Lipinski definition) is 2. The molecule has 0 radical (unpaired) electrons. The highest BCUT2D eigenvalue weighted by Gasteiger charge is 2.13. The van der Waals surface area contributed by atoms with Crippen LogP contribution < -0.4 is 15.5 Å². The number of urea groups is 1. The van der Waals surface area contributed by atoms with Crippen LogP contribution in [-0.2, 0) is 0 Å². The lowest BCUT2D eigenvalue weighted by Gasteiger charge is -2.27. The Morgan fingerprint density at radius 3 is 2.52 bits per heavy atom. The molecule has 0 aromatic heterocycles. The second kappa shape index (κ2) is 7.58. The number of benzene rings is 2. The van der Waals surface area contributed by atoms with Gasteiger partial charge in [-0.05, 0) is 31.2 Å². The van der Waals surface area contributed by atoms with Crippen LogP contribution in [-0.4, -0.2) is 25.7 Å². The number of para-hydroxylation sites is 1. The molecule has 0 aliphatic carbocycles. The Balaban J connectivity index is 1.88. The lowest BCUT2D eigenvalue weighted by atomic mass is 10.2. The molecular formula is C17H19F2N3O. The van der Waals surface area contributed by atoms with Gasteiger partial charge in [-0.1, -0.05) is 24.3 Å². The molecule has 6 heteroatoms. The Morgan fingerprint density at radius 2 is 1.83 bits per heavy atom. The minimum atomic E-state index is -1.07. The summed E-state index contributed by atoms with van der Waals surface area (Å²) in [7, 11) is 1.92. The van der Waals surface area contributed by atoms with Gasteiger partial charge in [0.25, 0.3) is 0 Å². The highest BCUT2D eigenvalue weighted by molar-refractivity contribution is 5.89. The summed E-state index contributed by atoms with van der Waals surface area (Å²) < 4.78 is 26.6. The van der Waals surface area contributed by atoms with E-state index in [2.05, 4.69) is 10.6 Å². The molecule has 0 saturated heterocycles. The summed E-state index contributed by atoms with van der Waals surface area (Å²) in [5, 5.41) is 4.95. The number of rotatable bonds is 5. The first-order valence-electron chi connectivity index (χ1n) is 7.25. The van der Waals surface area contributed by atoms with Crippen LogP contribution in [0.2, 0.25) is 0 Å². The number of amides is 2. The summed E-state index contributed by atoms with van der Waals surface area (Å²) in [4.78, 5) is 13.8. The van der Waals surface area contributed by atoms with Gasteiger partial charge in [0.1, 0.15) is 0 Å². The maximum Gasteiger partial charge on any atom is 0.319 e. The van der Waals surface area contributed by atoms with Crippen LogP contribution >= 0.6 is 0 Å². The third kappa shape index (κ3) is 4.42. The minimum absolute atomic E-state index is 0.0282. The summed E-state index contributed by atoms with van der Waals surface area (Å²) in [6.07, 6.45) is 0. The second-order valence-corrected chi connectivity index (χ2v) is 5.23. The number of likely N-dealkylation sites (N-methyl/N-ethyl adjacent to an activating group) is 1. The van der Waals surface area contributed by atoms with Gasteiger partial charge in [0.05, 0.1) is 5.69 Å². The van der Waals surface area contributed by atoms with Crippen LogP contribution in [0.15, 0.2) is 48.5 Å². The van der Waals surface area contributed by atoms with Gasteiger partial charge in [-0.2, -0.15) is 0 Å². The highest BCUT2D eigenvalue weighted by Crippen LogP contribution is 2.16. The van der Waals surface area contributed by atoms with E-state index in [1.807, 2.05) is 49.2 Å². The van der Waals surface area contributed by atoms with Crippen molar-refractivity contribution in [1.82, 2.24) is 5.32 Å². The molecule has 23 heavy (non-hydrogen) atoms. The first kappa shape index (κ1) is 16.7. The zero-order chi connectivity index (χ0) is 16.8. The molecule has 2 aromatic rings. The van der Waals surface area contributed by atoms with Crippen molar-refractivity contribution in [3.63, 3.8) is 0 Å². The van der Waals surface area contributed by atoms with Gasteiger partial charge in [0.2, 0.25) is 0 Å². The molecule has 0 spiro atoms. The van der Waals surface area contributed by atoms with Crippen molar-refractivity contribution in [2.75, 3.05) is 23.8 Å². The van der Waals surface area contributed by atoms with Crippen LogP contribution in [0.25, 0.3) is 0 Å². The van der Waals surface area contributed by atoms with Crippen molar-refractivity contribution < 1.29 is 13.6 Å². The molecule has 1 atom stereocenters. The van der Waals surface area contributed by atoms with Gasteiger partial charge < -0.3 is 15.5 Å². The van der Waals surface area contributed by atoms with E-state index in [1.54, 1.807) is 0 Å². The highest BCUT2D eigenvalue weighted by atomic mass is 19.2. The third-order valence-corrected chi connectivity index (χ3v) is 3.58. The van der Waals surface area contributed by atoms with Gasteiger partial charge in [-0.25, -0.2) is 13.6 Å². The molecule has 4 nitrogen and oxygen atoms in total. The fourth-order valence-electron chi connectivity index (χ4n) is 2.06. The van der Waals surface area contributed by atoms with E-state index < -0.39 is 17.7 Å². The lowest BCUT2D eigenvalue weighted by Crippen LogP contribution is -2.41. The molecule has 2 N–H and O–H groups in total. The Bertz CT molecular complexity index is 664. The maximum atomic E-state index is 13.5. The predicted molar refractivity (Wildman–Crippen MR) is 87.7 cm³/mol. The van der Waals surface area contributed by atoms with Crippen LogP contribution in [0, 0.1) is 11.6 Å².